The van der Waals surface area contributed by atoms with Gasteiger partial charge in [-0.3, -0.25) is 14.6 Å². The number of nitrogens with one attached hydrogen (secondary N) is 2. The molecular weight excluding hydrogens is 682 g/mol. The van der Waals surface area contributed by atoms with Crippen LogP contribution in [-0.4, -0.2) is 67.2 Å². The second kappa shape index (κ2) is 15.0. The van der Waals surface area contributed by atoms with E-state index < -0.39 is 6.17 Å². The minimum Gasteiger partial charge on any atom is -0.484 e. The Hall–Kier alpha value is -4.97. The molecule has 2 N–H and O–H groups in total. The van der Waals surface area contributed by atoms with Gasteiger partial charge in [0.25, 0.3) is 0 Å². The van der Waals surface area contributed by atoms with Gasteiger partial charge < -0.3 is 15.0 Å². The number of alkyl halides is 1. The lowest BCUT2D eigenvalue weighted by atomic mass is 9.85. The first-order valence-electron chi connectivity index (χ1n) is 19.6. The van der Waals surface area contributed by atoms with Gasteiger partial charge in [0.2, 0.25) is 5.95 Å². The van der Waals surface area contributed by atoms with E-state index in [1.807, 2.05) is 57.7 Å². The average Bonchev–Trinajstić information content (AvgIpc) is 3.78. The number of carbonyl (C=O) groups is 1. The maximum Gasteiger partial charge on any atom is 0.320 e. The number of urea groups is 1. The van der Waals surface area contributed by atoms with Crippen molar-refractivity contribution >= 4 is 23.4 Å². The fourth-order valence-corrected chi connectivity index (χ4v) is 8.16. The topological polar surface area (TPSA) is 105 Å². The summed E-state index contributed by atoms with van der Waals surface area (Å²) >= 11 is 0. The highest BCUT2D eigenvalue weighted by Crippen LogP contribution is 2.39. The number of piperidine rings is 2. The molecule has 0 spiro atoms. The maximum atomic E-state index is 13.8. The number of halogens is 1. The molecule has 2 fully saturated rings. The van der Waals surface area contributed by atoms with Crippen molar-refractivity contribution in [1.29, 1.82) is 0 Å². The number of likely N-dealkylation sites (tertiary alicyclic amines) is 1. The summed E-state index contributed by atoms with van der Waals surface area (Å²) in [7, 11) is 0. The second-order valence-corrected chi connectivity index (χ2v) is 16.3. The molecule has 5 aromatic rings. The molecule has 2 aromatic carbocycles. The van der Waals surface area contributed by atoms with Gasteiger partial charge in [-0.1, -0.05) is 57.2 Å². The number of fused-ring (bicyclic) bond motifs is 2. The number of rotatable bonds is 8. The van der Waals surface area contributed by atoms with Crippen LogP contribution in [0.1, 0.15) is 107 Å². The van der Waals surface area contributed by atoms with Crippen LogP contribution in [0.5, 0.6) is 5.75 Å². The average molecular weight is 734 g/mol. The Labute approximate surface area is 316 Å². The highest BCUT2D eigenvalue weighted by Gasteiger charge is 2.31. The summed E-state index contributed by atoms with van der Waals surface area (Å²) in [4.78, 5) is 18.4. The van der Waals surface area contributed by atoms with E-state index in [1.165, 1.54) is 6.42 Å². The predicted molar refractivity (Wildman–Crippen MR) is 209 cm³/mol. The smallest absolute Gasteiger partial charge is 0.320 e. The van der Waals surface area contributed by atoms with Crippen molar-refractivity contribution in [3.8, 4) is 11.4 Å². The zero-order valence-corrected chi connectivity index (χ0v) is 31.8. The van der Waals surface area contributed by atoms with Crippen molar-refractivity contribution in [3.63, 3.8) is 0 Å². The third-order valence-electron chi connectivity index (χ3n) is 11.2. The molecule has 1 aliphatic carbocycles. The first kappa shape index (κ1) is 36.0. The summed E-state index contributed by atoms with van der Waals surface area (Å²) in [5.74, 6) is 2.22. The number of benzene rings is 2. The van der Waals surface area contributed by atoms with Crippen molar-refractivity contribution in [1.82, 2.24) is 34.6 Å². The fourth-order valence-electron chi connectivity index (χ4n) is 8.16. The third-order valence-corrected chi connectivity index (χ3v) is 11.2. The van der Waals surface area contributed by atoms with Crippen molar-refractivity contribution in [2.45, 2.75) is 109 Å². The Morgan fingerprint density at radius 2 is 1.72 bits per heavy atom. The molecule has 284 valence electrons. The molecule has 0 radical (unpaired) electrons. The monoisotopic (exact) mass is 733 g/mol. The molecule has 8 rings (SSSR count). The van der Waals surface area contributed by atoms with E-state index in [4.69, 9.17) is 9.84 Å². The summed E-state index contributed by atoms with van der Waals surface area (Å²) in [6, 6.07) is 22.3. The van der Waals surface area contributed by atoms with Crippen molar-refractivity contribution in [3.05, 3.63) is 95.3 Å². The van der Waals surface area contributed by atoms with E-state index in [1.54, 1.807) is 0 Å². The van der Waals surface area contributed by atoms with E-state index >= 15 is 0 Å². The van der Waals surface area contributed by atoms with Crippen LogP contribution in [0.4, 0.5) is 21.0 Å². The van der Waals surface area contributed by atoms with Crippen LogP contribution < -0.4 is 20.3 Å². The van der Waals surface area contributed by atoms with Crippen molar-refractivity contribution in [2.75, 3.05) is 29.9 Å². The number of nitrogens with zero attached hydrogens (tertiary/aromatic N) is 7. The molecule has 2 saturated heterocycles. The summed E-state index contributed by atoms with van der Waals surface area (Å²) in [6.45, 7) is 11.8. The highest BCUT2D eigenvalue weighted by atomic mass is 19.1. The molecule has 2 aliphatic heterocycles. The van der Waals surface area contributed by atoms with Crippen LogP contribution in [0.2, 0.25) is 0 Å². The number of pyridine rings is 1. The fraction of sp³-hybridized carbons (Fsp3) is 0.476. The van der Waals surface area contributed by atoms with Gasteiger partial charge in [0.1, 0.15) is 23.8 Å². The van der Waals surface area contributed by atoms with Gasteiger partial charge >= 0.3 is 6.03 Å². The number of carbonyl (C=O) groups excluding carboxylic acids is 1. The number of ether oxygens (including phenoxy) is 1. The molecule has 3 aromatic heterocycles. The molecule has 2 amide bonds. The summed E-state index contributed by atoms with van der Waals surface area (Å²) < 4.78 is 24.3. The van der Waals surface area contributed by atoms with Crippen LogP contribution in [0.25, 0.3) is 11.3 Å². The molecule has 5 heterocycles. The van der Waals surface area contributed by atoms with Crippen molar-refractivity contribution < 1.29 is 13.9 Å². The number of anilines is 2. The van der Waals surface area contributed by atoms with E-state index in [0.29, 0.717) is 31.1 Å². The van der Waals surface area contributed by atoms with E-state index in [0.717, 1.165) is 90.9 Å². The zero-order valence-electron chi connectivity index (χ0n) is 31.8. The molecule has 0 saturated carbocycles. The SMILES string of the molecule is C[C@H]1CCCCN1c1nnc2ccc(O[C@@H]3CC[C@H](NC(=O)Nc4cc(C(C)(C)C)nn4-c4cccc(CN5CCC(F)CC5)c4)c4ccccc43)cn12. The van der Waals surface area contributed by atoms with Gasteiger partial charge in [0.15, 0.2) is 5.65 Å². The molecule has 0 unspecified atom stereocenters. The summed E-state index contributed by atoms with van der Waals surface area (Å²) in [6.07, 6.45) is 7.29. The Kier molecular flexibility index (Phi) is 10.0. The minimum atomic E-state index is -0.701. The van der Waals surface area contributed by atoms with Gasteiger partial charge in [-0.15, -0.1) is 10.2 Å². The standard InChI is InChI=1S/C42H52FN9O2/c1-28-10-7-8-21-50(28)41-47-46-38-18-15-32(27-51(38)41)54-36-17-16-35(33-13-5-6-14-34(33)36)44-40(53)45-39-25-37(42(2,3)4)48-52(39)31-12-9-11-29(24-31)26-49-22-19-30(43)20-23-49/h5-6,9,11-15,18,24-25,27-28,30,35-36H,7-8,10,16-17,19-23,26H2,1-4H3,(H2,44,45,53)/t28-,35-,36+/m0/s1. The lowest BCUT2D eigenvalue weighted by molar-refractivity contribution is 0.145. The van der Waals surface area contributed by atoms with Crippen LogP contribution in [0.15, 0.2) is 72.9 Å². The minimum absolute atomic E-state index is 0.167. The first-order valence-corrected chi connectivity index (χ1v) is 19.6. The van der Waals surface area contributed by atoms with Crippen molar-refractivity contribution in [2.24, 2.45) is 0 Å². The lowest BCUT2D eigenvalue weighted by Crippen LogP contribution is -2.38. The van der Waals surface area contributed by atoms with E-state index in [2.05, 4.69) is 82.6 Å². The maximum absolute atomic E-state index is 13.8. The summed E-state index contributed by atoms with van der Waals surface area (Å²) in [5, 5.41) is 20.3. The summed E-state index contributed by atoms with van der Waals surface area (Å²) in [5.41, 5.74) is 5.55. The Bertz CT molecular complexity index is 2100. The molecule has 12 heteroatoms. The van der Waals surface area contributed by atoms with Gasteiger partial charge in [-0.25, -0.2) is 13.9 Å². The van der Waals surface area contributed by atoms with Crippen LogP contribution in [0, 0.1) is 0 Å². The van der Waals surface area contributed by atoms with Crippen LogP contribution in [0.3, 0.4) is 0 Å². The number of hydrogen-bond donors (Lipinski definition) is 2. The highest BCUT2D eigenvalue weighted by molar-refractivity contribution is 5.89. The van der Waals surface area contributed by atoms with Crippen LogP contribution >= 0.6 is 0 Å². The number of amides is 2. The molecule has 0 bridgehead atoms. The van der Waals surface area contributed by atoms with E-state index in [9.17, 15) is 9.18 Å². The molecule has 3 aliphatic rings. The van der Waals surface area contributed by atoms with Gasteiger partial charge in [-0.2, -0.15) is 5.10 Å². The zero-order chi connectivity index (χ0) is 37.4. The first-order chi connectivity index (χ1) is 26.1. The van der Waals surface area contributed by atoms with E-state index in [-0.39, 0.29) is 23.6 Å². The molecule has 3 atom stereocenters. The second-order valence-electron chi connectivity index (χ2n) is 16.3. The normalized spacial score (nSPS) is 21.2. The Balaban J connectivity index is 0.981. The van der Waals surface area contributed by atoms with Crippen LogP contribution in [-0.2, 0) is 12.0 Å². The molecular formula is C42H52FN9O2. The lowest BCUT2D eigenvalue weighted by Gasteiger charge is -2.33. The third kappa shape index (κ3) is 7.66. The molecule has 54 heavy (non-hydrogen) atoms. The van der Waals surface area contributed by atoms with Gasteiger partial charge in [0.05, 0.1) is 23.6 Å². The largest absolute Gasteiger partial charge is 0.484 e. The van der Waals surface area contributed by atoms with Gasteiger partial charge in [0, 0.05) is 43.7 Å². The molecule has 11 nitrogen and oxygen atoms in total. The Morgan fingerprint density at radius 1 is 0.907 bits per heavy atom. The Morgan fingerprint density at radius 3 is 2.52 bits per heavy atom. The predicted octanol–water partition coefficient (Wildman–Crippen LogP) is 8.30. The quantitative estimate of drug-likeness (QED) is 0.165. The van der Waals surface area contributed by atoms with Gasteiger partial charge in [-0.05, 0) is 92.8 Å². The number of aromatic nitrogens is 5. The number of hydrogen-bond acceptors (Lipinski definition) is 7.